The standard InChI is InChI=1S/C26H26N6O3/c1-16(18-4-3-5-19-20(25(33)27-2)8-9-28-24(18)19)11-30-23-10-21(31-15-32-23)17-6-7-22(29-12-17)26(34)13-35-14-26/h3-10,12,15-16,34H,11,13-14H2,1-2H3,(H,27,33)(H,30,31,32)/t16-/m1/s1. The largest absolute Gasteiger partial charge is 0.379 e. The SMILES string of the molecule is CNC(=O)c1ccnc2c([C@H](C)CNc3cc(-c4ccc(C5(O)COC5)nc4)ncn3)cccc12. The molecule has 35 heavy (non-hydrogen) atoms. The lowest BCUT2D eigenvalue weighted by Crippen LogP contribution is -2.47. The topological polar surface area (TPSA) is 122 Å². The summed E-state index contributed by atoms with van der Waals surface area (Å²) in [7, 11) is 1.62. The number of carbonyl (C=O) groups is 1. The summed E-state index contributed by atoms with van der Waals surface area (Å²) in [6.45, 7) is 3.25. The van der Waals surface area contributed by atoms with Crippen LogP contribution in [0.25, 0.3) is 22.2 Å². The molecular formula is C26H26N6O3. The molecule has 1 aromatic carbocycles. The summed E-state index contributed by atoms with van der Waals surface area (Å²) >= 11 is 0. The molecule has 1 amide bonds. The van der Waals surface area contributed by atoms with E-state index in [1.807, 2.05) is 30.3 Å². The van der Waals surface area contributed by atoms with Gasteiger partial charge in [-0.25, -0.2) is 9.97 Å². The van der Waals surface area contributed by atoms with Crippen molar-refractivity contribution in [2.24, 2.45) is 0 Å². The lowest BCUT2D eigenvalue weighted by molar-refractivity contribution is -0.186. The maximum absolute atomic E-state index is 12.3. The first-order valence-corrected chi connectivity index (χ1v) is 11.4. The van der Waals surface area contributed by atoms with E-state index in [0.717, 1.165) is 27.7 Å². The molecule has 1 saturated heterocycles. The van der Waals surface area contributed by atoms with Crippen molar-refractivity contribution in [2.75, 3.05) is 32.1 Å². The molecular weight excluding hydrogens is 444 g/mol. The molecule has 4 heterocycles. The second kappa shape index (κ2) is 9.36. The molecule has 9 heteroatoms. The Hall–Kier alpha value is -3.95. The average Bonchev–Trinajstić information content (AvgIpc) is 2.89. The highest BCUT2D eigenvalue weighted by molar-refractivity contribution is 6.06. The van der Waals surface area contributed by atoms with Gasteiger partial charge in [0.05, 0.1) is 35.7 Å². The zero-order valence-corrected chi connectivity index (χ0v) is 19.5. The second-order valence-electron chi connectivity index (χ2n) is 8.71. The van der Waals surface area contributed by atoms with Gasteiger partial charge in [-0.15, -0.1) is 0 Å². The minimum absolute atomic E-state index is 0.107. The molecule has 1 fully saturated rings. The van der Waals surface area contributed by atoms with Crippen LogP contribution in [0.1, 0.15) is 34.5 Å². The van der Waals surface area contributed by atoms with Crippen molar-refractivity contribution in [1.82, 2.24) is 25.3 Å². The third-order valence-corrected chi connectivity index (χ3v) is 6.28. The fourth-order valence-corrected chi connectivity index (χ4v) is 4.17. The van der Waals surface area contributed by atoms with E-state index in [9.17, 15) is 9.90 Å². The molecule has 0 aliphatic carbocycles. The number of ether oxygens (including phenoxy) is 1. The van der Waals surface area contributed by atoms with Crippen molar-refractivity contribution >= 4 is 22.6 Å². The van der Waals surface area contributed by atoms with E-state index in [2.05, 4.69) is 37.5 Å². The molecule has 9 nitrogen and oxygen atoms in total. The predicted molar refractivity (Wildman–Crippen MR) is 132 cm³/mol. The van der Waals surface area contributed by atoms with Crippen LogP contribution in [0, 0.1) is 0 Å². The van der Waals surface area contributed by atoms with Crippen LogP contribution in [0.4, 0.5) is 5.82 Å². The molecule has 3 aromatic heterocycles. The van der Waals surface area contributed by atoms with Gasteiger partial charge in [-0.2, -0.15) is 0 Å². The van der Waals surface area contributed by atoms with Crippen LogP contribution in [0.15, 0.2) is 61.2 Å². The summed E-state index contributed by atoms with van der Waals surface area (Å²) in [5, 5.41) is 17.3. The number of amides is 1. The number of nitrogens with one attached hydrogen (secondary N) is 2. The quantitative estimate of drug-likeness (QED) is 0.377. The summed E-state index contributed by atoms with van der Waals surface area (Å²) in [6, 6.07) is 13.2. The van der Waals surface area contributed by atoms with Gasteiger partial charge in [-0.3, -0.25) is 14.8 Å². The maximum Gasteiger partial charge on any atom is 0.251 e. The number of hydrogen-bond donors (Lipinski definition) is 3. The van der Waals surface area contributed by atoms with Crippen molar-refractivity contribution in [3.05, 3.63) is 78.0 Å². The van der Waals surface area contributed by atoms with Crippen LogP contribution in [0.3, 0.4) is 0 Å². The van der Waals surface area contributed by atoms with E-state index in [0.29, 0.717) is 23.6 Å². The van der Waals surface area contributed by atoms with E-state index in [-0.39, 0.29) is 25.0 Å². The monoisotopic (exact) mass is 470 g/mol. The van der Waals surface area contributed by atoms with Gasteiger partial charge in [0.15, 0.2) is 5.60 Å². The number of benzene rings is 1. The van der Waals surface area contributed by atoms with Gasteiger partial charge >= 0.3 is 0 Å². The molecule has 0 spiro atoms. The number of aliphatic hydroxyl groups is 1. The van der Waals surface area contributed by atoms with Crippen molar-refractivity contribution < 1.29 is 14.6 Å². The first kappa shape index (κ1) is 22.8. The zero-order chi connectivity index (χ0) is 24.4. The van der Waals surface area contributed by atoms with Crippen molar-refractivity contribution in [1.29, 1.82) is 0 Å². The first-order valence-electron chi connectivity index (χ1n) is 11.4. The number of para-hydroxylation sites is 1. The Bertz CT molecular complexity index is 1370. The molecule has 0 unspecified atom stereocenters. The number of hydrogen-bond acceptors (Lipinski definition) is 8. The first-order chi connectivity index (χ1) is 17.0. The van der Waals surface area contributed by atoms with E-state index in [1.165, 1.54) is 6.33 Å². The molecule has 0 bridgehead atoms. The van der Waals surface area contributed by atoms with Gasteiger partial charge in [0.25, 0.3) is 5.91 Å². The Labute approximate surface area is 202 Å². The summed E-state index contributed by atoms with van der Waals surface area (Å²) in [5.74, 6) is 0.665. The summed E-state index contributed by atoms with van der Waals surface area (Å²) in [6.07, 6.45) is 4.88. The summed E-state index contributed by atoms with van der Waals surface area (Å²) in [4.78, 5) is 29.9. The molecule has 3 N–H and O–H groups in total. The highest BCUT2D eigenvalue weighted by Crippen LogP contribution is 2.29. The Morgan fingerprint density at radius 1 is 1.14 bits per heavy atom. The molecule has 0 radical (unpaired) electrons. The van der Waals surface area contributed by atoms with Crippen molar-refractivity contribution in [2.45, 2.75) is 18.4 Å². The smallest absolute Gasteiger partial charge is 0.251 e. The van der Waals surface area contributed by atoms with Crippen LogP contribution in [0.5, 0.6) is 0 Å². The van der Waals surface area contributed by atoms with Crippen LogP contribution in [-0.2, 0) is 10.3 Å². The van der Waals surface area contributed by atoms with Crippen molar-refractivity contribution in [3.63, 3.8) is 0 Å². The van der Waals surface area contributed by atoms with Crippen LogP contribution < -0.4 is 10.6 Å². The highest BCUT2D eigenvalue weighted by Gasteiger charge is 2.39. The summed E-state index contributed by atoms with van der Waals surface area (Å²) in [5.41, 5.74) is 3.63. The van der Waals surface area contributed by atoms with Gasteiger partial charge in [0, 0.05) is 48.9 Å². The molecule has 178 valence electrons. The lowest BCUT2D eigenvalue weighted by atomic mass is 9.96. The minimum Gasteiger partial charge on any atom is -0.379 e. The number of anilines is 1. The fourth-order valence-electron chi connectivity index (χ4n) is 4.17. The number of carbonyl (C=O) groups excluding carboxylic acids is 1. The van der Waals surface area contributed by atoms with Gasteiger partial charge < -0.3 is 20.5 Å². The average molecular weight is 471 g/mol. The van der Waals surface area contributed by atoms with E-state index in [1.54, 1.807) is 31.6 Å². The van der Waals surface area contributed by atoms with Crippen LogP contribution in [-0.4, -0.2) is 57.8 Å². The second-order valence-corrected chi connectivity index (χ2v) is 8.71. The van der Waals surface area contributed by atoms with E-state index < -0.39 is 5.60 Å². The third kappa shape index (κ3) is 4.43. The molecule has 1 atom stereocenters. The molecule has 5 rings (SSSR count). The van der Waals surface area contributed by atoms with E-state index in [4.69, 9.17) is 4.74 Å². The predicted octanol–water partition coefficient (Wildman–Crippen LogP) is 2.88. The van der Waals surface area contributed by atoms with Crippen molar-refractivity contribution in [3.8, 4) is 11.3 Å². The number of rotatable bonds is 7. The Morgan fingerprint density at radius 2 is 2.00 bits per heavy atom. The molecule has 1 aliphatic heterocycles. The van der Waals surface area contributed by atoms with Gasteiger partial charge in [-0.05, 0) is 23.8 Å². The minimum atomic E-state index is -0.995. The Kier molecular flexibility index (Phi) is 6.10. The van der Waals surface area contributed by atoms with Gasteiger partial charge in [0.2, 0.25) is 0 Å². The van der Waals surface area contributed by atoms with Gasteiger partial charge in [-0.1, -0.05) is 25.1 Å². The number of nitrogens with zero attached hydrogens (tertiary/aromatic N) is 4. The Balaban J connectivity index is 1.32. The Morgan fingerprint density at radius 3 is 2.71 bits per heavy atom. The highest BCUT2D eigenvalue weighted by atomic mass is 16.5. The maximum atomic E-state index is 12.3. The van der Waals surface area contributed by atoms with Crippen LogP contribution in [0.2, 0.25) is 0 Å². The fraction of sp³-hybridized carbons (Fsp3) is 0.269. The third-order valence-electron chi connectivity index (χ3n) is 6.28. The normalized spacial score (nSPS) is 15.3. The molecule has 1 aliphatic rings. The number of fused-ring (bicyclic) bond motifs is 1. The molecule has 0 saturated carbocycles. The zero-order valence-electron chi connectivity index (χ0n) is 19.5. The number of pyridine rings is 2. The number of aromatic nitrogens is 4. The van der Waals surface area contributed by atoms with E-state index >= 15 is 0 Å². The summed E-state index contributed by atoms with van der Waals surface area (Å²) < 4.78 is 5.11. The molecule has 4 aromatic rings. The van der Waals surface area contributed by atoms with Gasteiger partial charge in [0.1, 0.15) is 12.1 Å². The van der Waals surface area contributed by atoms with Crippen LogP contribution >= 0.6 is 0 Å². The lowest BCUT2D eigenvalue weighted by Gasteiger charge is -2.35.